The first-order chi connectivity index (χ1) is 13.0. The van der Waals surface area contributed by atoms with Crippen molar-refractivity contribution in [3.05, 3.63) is 58.9 Å². The van der Waals surface area contributed by atoms with Gasteiger partial charge in [-0.05, 0) is 49.4 Å². The Bertz CT molecular complexity index is 996. The zero-order valence-corrected chi connectivity index (χ0v) is 16.8. The molecule has 10 heteroatoms. The van der Waals surface area contributed by atoms with Crippen LogP contribution in [0.5, 0.6) is 0 Å². The van der Waals surface area contributed by atoms with Gasteiger partial charge in [-0.2, -0.15) is 0 Å². The highest BCUT2D eigenvalue weighted by Gasteiger charge is 2.29. The van der Waals surface area contributed by atoms with Crippen LogP contribution in [0.25, 0.3) is 0 Å². The molecule has 1 atom stereocenters. The maximum Gasteiger partial charge on any atom is 0.339 e. The summed E-state index contributed by atoms with van der Waals surface area (Å²) in [5.74, 6) is -1.88. The molecule has 0 aliphatic rings. The first-order valence-corrected chi connectivity index (χ1v) is 10.2. The van der Waals surface area contributed by atoms with Crippen molar-refractivity contribution >= 4 is 44.9 Å². The third-order valence-electron chi connectivity index (χ3n) is 3.81. The number of anilines is 2. The summed E-state index contributed by atoms with van der Waals surface area (Å²) in [6, 6.07) is 7.75. The van der Waals surface area contributed by atoms with Crippen molar-refractivity contribution in [2.75, 3.05) is 23.0 Å². The van der Waals surface area contributed by atoms with Crippen LogP contribution in [0.15, 0.2) is 42.5 Å². The van der Waals surface area contributed by atoms with Crippen LogP contribution in [0.1, 0.15) is 17.3 Å². The summed E-state index contributed by atoms with van der Waals surface area (Å²) < 4.78 is 43.1. The molecule has 0 heterocycles. The molecule has 2 aromatic rings. The predicted octanol–water partition coefficient (Wildman–Crippen LogP) is 3.06. The van der Waals surface area contributed by atoms with Crippen LogP contribution in [0.3, 0.4) is 0 Å². The molecule has 0 saturated carbocycles. The van der Waals surface area contributed by atoms with Gasteiger partial charge in [0.2, 0.25) is 15.9 Å². The molecule has 0 bridgehead atoms. The lowest BCUT2D eigenvalue weighted by atomic mass is 10.2. The van der Waals surface area contributed by atoms with Crippen molar-refractivity contribution in [3.8, 4) is 0 Å². The van der Waals surface area contributed by atoms with Gasteiger partial charge in [0.15, 0.2) is 0 Å². The molecule has 0 spiro atoms. The van der Waals surface area contributed by atoms with Gasteiger partial charge >= 0.3 is 5.97 Å². The molecule has 0 fully saturated rings. The van der Waals surface area contributed by atoms with Crippen LogP contribution in [0.4, 0.5) is 15.8 Å². The second kappa shape index (κ2) is 8.57. The Morgan fingerprint density at radius 2 is 1.79 bits per heavy atom. The normalized spacial score (nSPS) is 12.2. The zero-order valence-electron chi connectivity index (χ0n) is 15.3. The van der Waals surface area contributed by atoms with Crippen LogP contribution < -0.4 is 9.62 Å². The summed E-state index contributed by atoms with van der Waals surface area (Å²) in [6.45, 7) is 1.39. The quantitative estimate of drug-likeness (QED) is 0.714. The second-order valence-corrected chi connectivity index (χ2v) is 8.15. The molecule has 150 valence electrons. The standard InChI is InChI=1S/C18H18ClFN2O5S/c1-11(22(28(3,25)26)14-7-4-12(20)5-8-14)17(23)21-13-6-9-16(19)15(10-13)18(24)27-2/h4-11H,1-3H3,(H,21,23). The summed E-state index contributed by atoms with van der Waals surface area (Å²) in [4.78, 5) is 24.4. The average Bonchev–Trinajstić information content (AvgIpc) is 2.63. The fourth-order valence-corrected chi connectivity index (χ4v) is 3.88. The van der Waals surface area contributed by atoms with Gasteiger partial charge in [-0.3, -0.25) is 9.10 Å². The highest BCUT2D eigenvalue weighted by atomic mass is 35.5. The maximum atomic E-state index is 13.2. The highest BCUT2D eigenvalue weighted by Crippen LogP contribution is 2.24. The Hall–Kier alpha value is -2.65. The molecule has 0 aliphatic carbocycles. The number of hydrogen-bond acceptors (Lipinski definition) is 5. The van der Waals surface area contributed by atoms with E-state index in [1.807, 2.05) is 0 Å². The zero-order chi connectivity index (χ0) is 21.1. The van der Waals surface area contributed by atoms with E-state index in [9.17, 15) is 22.4 Å². The Balaban J connectivity index is 2.31. The lowest BCUT2D eigenvalue weighted by Gasteiger charge is -2.28. The summed E-state index contributed by atoms with van der Waals surface area (Å²) in [5, 5.41) is 2.68. The topological polar surface area (TPSA) is 92.8 Å². The number of carbonyl (C=O) groups is 2. The van der Waals surface area contributed by atoms with Crippen molar-refractivity contribution in [3.63, 3.8) is 0 Å². The van der Waals surface area contributed by atoms with E-state index in [0.29, 0.717) is 0 Å². The largest absolute Gasteiger partial charge is 0.465 e. The maximum absolute atomic E-state index is 13.2. The van der Waals surface area contributed by atoms with E-state index in [0.717, 1.165) is 22.7 Å². The number of sulfonamides is 1. The van der Waals surface area contributed by atoms with Gasteiger partial charge in [-0.1, -0.05) is 11.6 Å². The first-order valence-electron chi connectivity index (χ1n) is 7.98. The number of carbonyl (C=O) groups excluding carboxylic acids is 2. The fraction of sp³-hybridized carbons (Fsp3) is 0.222. The van der Waals surface area contributed by atoms with Crippen LogP contribution >= 0.6 is 11.6 Å². The van der Waals surface area contributed by atoms with Crippen LogP contribution in [0, 0.1) is 5.82 Å². The summed E-state index contributed by atoms with van der Waals surface area (Å²) in [6.07, 6.45) is 0.942. The lowest BCUT2D eigenvalue weighted by Crippen LogP contribution is -2.45. The number of nitrogens with zero attached hydrogens (tertiary/aromatic N) is 1. The molecule has 1 N–H and O–H groups in total. The number of esters is 1. The Morgan fingerprint density at radius 3 is 2.32 bits per heavy atom. The Labute approximate surface area is 167 Å². The molecular weight excluding hydrogens is 411 g/mol. The van der Waals surface area contributed by atoms with Crippen molar-refractivity contribution in [2.24, 2.45) is 0 Å². The predicted molar refractivity (Wildman–Crippen MR) is 105 cm³/mol. The number of rotatable bonds is 6. The molecule has 0 aromatic heterocycles. The molecule has 0 saturated heterocycles. The molecule has 0 aliphatic heterocycles. The summed E-state index contributed by atoms with van der Waals surface area (Å²) in [5.41, 5.74) is 0.417. The Morgan fingerprint density at radius 1 is 1.18 bits per heavy atom. The SMILES string of the molecule is COC(=O)c1cc(NC(=O)C(C)N(c2ccc(F)cc2)S(C)(=O)=O)ccc1Cl. The number of amides is 1. The summed E-state index contributed by atoms with van der Waals surface area (Å²) >= 11 is 5.94. The first kappa shape index (κ1) is 21.6. The molecule has 2 rings (SSSR count). The van der Waals surface area contributed by atoms with Gasteiger partial charge < -0.3 is 10.1 Å². The number of halogens is 2. The van der Waals surface area contributed by atoms with Crippen LogP contribution in [0.2, 0.25) is 5.02 Å². The Kier molecular flexibility index (Phi) is 6.63. The van der Waals surface area contributed by atoms with E-state index in [2.05, 4.69) is 10.1 Å². The van der Waals surface area contributed by atoms with E-state index in [-0.39, 0.29) is 22.0 Å². The number of benzene rings is 2. The van der Waals surface area contributed by atoms with E-state index in [1.54, 1.807) is 0 Å². The second-order valence-electron chi connectivity index (χ2n) is 5.89. The number of methoxy groups -OCH3 is 1. The van der Waals surface area contributed by atoms with Gasteiger partial charge in [0.1, 0.15) is 11.9 Å². The highest BCUT2D eigenvalue weighted by molar-refractivity contribution is 7.92. The molecule has 7 nitrogen and oxygen atoms in total. The van der Waals surface area contributed by atoms with Crippen LogP contribution in [-0.2, 0) is 19.6 Å². The molecule has 1 amide bonds. The number of nitrogens with one attached hydrogen (secondary N) is 1. The third-order valence-corrected chi connectivity index (χ3v) is 5.38. The molecular formula is C18H18ClFN2O5S. The monoisotopic (exact) mass is 428 g/mol. The van der Waals surface area contributed by atoms with E-state index < -0.39 is 33.8 Å². The van der Waals surface area contributed by atoms with E-state index in [1.165, 1.54) is 44.4 Å². The van der Waals surface area contributed by atoms with Gasteiger partial charge in [0.05, 0.1) is 29.6 Å². The number of ether oxygens (including phenoxy) is 1. The fourth-order valence-electron chi connectivity index (χ4n) is 2.51. The van der Waals surface area contributed by atoms with Crippen LogP contribution in [-0.4, -0.2) is 39.7 Å². The molecule has 0 radical (unpaired) electrons. The van der Waals surface area contributed by atoms with Crippen molar-refractivity contribution in [2.45, 2.75) is 13.0 Å². The minimum absolute atomic E-state index is 0.0492. The minimum atomic E-state index is -3.84. The van der Waals surface area contributed by atoms with Crippen molar-refractivity contribution < 1.29 is 27.1 Å². The number of hydrogen-bond donors (Lipinski definition) is 1. The van der Waals surface area contributed by atoms with E-state index >= 15 is 0 Å². The van der Waals surface area contributed by atoms with Gasteiger partial charge in [0, 0.05) is 5.69 Å². The van der Waals surface area contributed by atoms with Gasteiger partial charge in [-0.15, -0.1) is 0 Å². The third kappa shape index (κ3) is 4.99. The molecule has 1 unspecified atom stereocenters. The smallest absolute Gasteiger partial charge is 0.339 e. The summed E-state index contributed by atoms with van der Waals surface area (Å²) in [7, 11) is -2.65. The van der Waals surface area contributed by atoms with Crippen molar-refractivity contribution in [1.29, 1.82) is 0 Å². The average molecular weight is 429 g/mol. The van der Waals surface area contributed by atoms with Gasteiger partial charge in [0.25, 0.3) is 0 Å². The van der Waals surface area contributed by atoms with E-state index in [4.69, 9.17) is 11.6 Å². The molecule has 28 heavy (non-hydrogen) atoms. The minimum Gasteiger partial charge on any atom is -0.465 e. The lowest BCUT2D eigenvalue weighted by molar-refractivity contribution is -0.116. The van der Waals surface area contributed by atoms with Crippen molar-refractivity contribution in [1.82, 2.24) is 0 Å². The van der Waals surface area contributed by atoms with Gasteiger partial charge in [-0.25, -0.2) is 17.6 Å². The molecule has 2 aromatic carbocycles.